The predicted molar refractivity (Wildman–Crippen MR) is 71.1 cm³/mol. The van der Waals surface area contributed by atoms with Crippen LogP contribution in [-0.2, 0) is 6.42 Å². The average Bonchev–Trinajstić information content (AvgIpc) is 2.26. The van der Waals surface area contributed by atoms with Gasteiger partial charge in [0.15, 0.2) is 0 Å². The van der Waals surface area contributed by atoms with Crippen molar-refractivity contribution in [3.8, 4) is 0 Å². The Morgan fingerprint density at radius 2 is 1.71 bits per heavy atom. The first-order chi connectivity index (χ1) is 7.47. The van der Waals surface area contributed by atoms with Gasteiger partial charge in [0.25, 0.3) is 0 Å². The Labute approximate surface area is 112 Å². The summed E-state index contributed by atoms with van der Waals surface area (Å²) in [6.07, 6.45) is 3.14. The van der Waals surface area contributed by atoms with Gasteiger partial charge in [-0.1, -0.05) is 44.2 Å². The number of benzene rings is 1. The van der Waals surface area contributed by atoms with Crippen molar-refractivity contribution >= 4 is 0 Å². The molecule has 0 saturated heterocycles. The SMILES string of the molecule is C=C[N+](C)(C)C(Cc1ccccc1)C(C)C.[Cl-]. The van der Waals surface area contributed by atoms with E-state index in [9.17, 15) is 0 Å². The van der Waals surface area contributed by atoms with E-state index in [-0.39, 0.29) is 12.4 Å². The second-order valence-electron chi connectivity index (χ2n) is 5.31. The zero-order valence-electron chi connectivity index (χ0n) is 11.4. The molecular weight excluding hydrogens is 230 g/mol. The minimum Gasteiger partial charge on any atom is -1.00 e. The molecular formula is C15H24ClN. The summed E-state index contributed by atoms with van der Waals surface area (Å²) in [6, 6.07) is 11.3. The Kier molecular flexibility index (Phi) is 6.51. The highest BCUT2D eigenvalue weighted by atomic mass is 35.5. The standard InChI is InChI=1S/C15H24N.ClH/c1-6-16(4,5)15(13(2)3)12-14-10-8-7-9-11-14;/h6-11,13,15H,1,12H2,2-5H3;1H/q+1;/p-1. The third kappa shape index (κ3) is 4.53. The first-order valence-corrected chi connectivity index (χ1v) is 5.98. The largest absolute Gasteiger partial charge is 1.00 e. The summed E-state index contributed by atoms with van der Waals surface area (Å²) in [5.74, 6) is 0.646. The van der Waals surface area contributed by atoms with Crippen LogP contribution >= 0.6 is 0 Å². The predicted octanol–water partition coefficient (Wildman–Crippen LogP) is 0.478. The van der Waals surface area contributed by atoms with Crippen LogP contribution in [0, 0.1) is 5.92 Å². The number of hydrogen-bond donors (Lipinski definition) is 0. The van der Waals surface area contributed by atoms with Crippen LogP contribution in [-0.4, -0.2) is 24.6 Å². The van der Waals surface area contributed by atoms with Gasteiger partial charge in [-0.3, -0.25) is 4.48 Å². The number of likely N-dealkylation sites (N-methyl/N-ethyl adjacent to an activating group) is 1. The lowest BCUT2D eigenvalue weighted by Gasteiger charge is -2.37. The summed E-state index contributed by atoms with van der Waals surface area (Å²) in [7, 11) is 4.45. The first-order valence-electron chi connectivity index (χ1n) is 5.98. The molecule has 0 fully saturated rings. The first kappa shape index (κ1) is 16.2. The minimum absolute atomic E-state index is 0. The molecule has 0 aromatic heterocycles. The fourth-order valence-corrected chi connectivity index (χ4v) is 2.23. The quantitative estimate of drug-likeness (QED) is 0.670. The summed E-state index contributed by atoms with van der Waals surface area (Å²) in [5, 5.41) is 0. The lowest BCUT2D eigenvalue weighted by Crippen LogP contribution is -3.00. The Morgan fingerprint density at radius 1 is 1.18 bits per heavy atom. The van der Waals surface area contributed by atoms with E-state index in [4.69, 9.17) is 0 Å². The second-order valence-corrected chi connectivity index (χ2v) is 5.31. The van der Waals surface area contributed by atoms with Crippen molar-refractivity contribution in [2.24, 2.45) is 5.92 Å². The molecule has 2 heteroatoms. The van der Waals surface area contributed by atoms with Gasteiger partial charge in [-0.15, -0.1) is 0 Å². The van der Waals surface area contributed by atoms with Gasteiger partial charge < -0.3 is 12.4 Å². The van der Waals surface area contributed by atoms with Gasteiger partial charge in [-0.25, -0.2) is 0 Å². The van der Waals surface area contributed by atoms with Gasteiger partial charge >= 0.3 is 0 Å². The third-order valence-corrected chi connectivity index (χ3v) is 3.38. The summed E-state index contributed by atoms with van der Waals surface area (Å²) < 4.78 is 0.868. The molecule has 0 bridgehead atoms. The van der Waals surface area contributed by atoms with Crippen molar-refractivity contribution in [2.75, 3.05) is 14.1 Å². The van der Waals surface area contributed by atoms with E-state index in [1.54, 1.807) is 0 Å². The molecule has 0 aliphatic carbocycles. The van der Waals surface area contributed by atoms with Crippen molar-refractivity contribution in [2.45, 2.75) is 26.3 Å². The maximum Gasteiger partial charge on any atom is 0.0991 e. The maximum absolute atomic E-state index is 3.95. The van der Waals surface area contributed by atoms with Crippen molar-refractivity contribution in [3.63, 3.8) is 0 Å². The molecule has 0 spiro atoms. The molecule has 1 nitrogen and oxygen atoms in total. The zero-order chi connectivity index (χ0) is 12.2. The van der Waals surface area contributed by atoms with E-state index in [0.29, 0.717) is 12.0 Å². The molecule has 96 valence electrons. The Morgan fingerprint density at radius 3 is 2.12 bits per heavy atom. The average molecular weight is 254 g/mol. The molecule has 17 heavy (non-hydrogen) atoms. The Hall–Kier alpha value is -0.790. The van der Waals surface area contributed by atoms with E-state index >= 15 is 0 Å². The molecule has 1 aromatic carbocycles. The van der Waals surface area contributed by atoms with Crippen LogP contribution in [0.4, 0.5) is 0 Å². The Balaban J connectivity index is 0.00000256. The van der Waals surface area contributed by atoms with Gasteiger partial charge in [-0.05, 0) is 12.1 Å². The lowest BCUT2D eigenvalue weighted by molar-refractivity contribution is -0.869. The fourth-order valence-electron chi connectivity index (χ4n) is 2.23. The van der Waals surface area contributed by atoms with E-state index < -0.39 is 0 Å². The van der Waals surface area contributed by atoms with Crippen molar-refractivity contribution < 1.29 is 16.9 Å². The summed E-state index contributed by atoms with van der Waals surface area (Å²) >= 11 is 0. The van der Waals surface area contributed by atoms with E-state index in [1.807, 2.05) is 6.20 Å². The molecule has 0 radical (unpaired) electrons. The summed E-state index contributed by atoms with van der Waals surface area (Å²) in [5.41, 5.74) is 1.41. The van der Waals surface area contributed by atoms with Gasteiger partial charge in [-0.2, -0.15) is 0 Å². The number of halogens is 1. The van der Waals surface area contributed by atoms with Crippen LogP contribution in [0.1, 0.15) is 19.4 Å². The summed E-state index contributed by atoms with van der Waals surface area (Å²) in [4.78, 5) is 0. The van der Waals surface area contributed by atoms with Crippen LogP contribution < -0.4 is 12.4 Å². The monoisotopic (exact) mass is 253 g/mol. The molecule has 0 saturated carbocycles. The highest BCUT2D eigenvalue weighted by Gasteiger charge is 2.28. The summed E-state index contributed by atoms with van der Waals surface area (Å²) in [6.45, 7) is 8.53. The molecule has 1 unspecified atom stereocenters. The van der Waals surface area contributed by atoms with Gasteiger partial charge in [0.1, 0.15) is 0 Å². The molecule has 0 amide bonds. The fraction of sp³-hybridized carbons (Fsp3) is 0.467. The van der Waals surface area contributed by atoms with Crippen LogP contribution in [0.15, 0.2) is 43.1 Å². The molecule has 0 aliphatic rings. The van der Waals surface area contributed by atoms with Crippen LogP contribution in [0.25, 0.3) is 0 Å². The third-order valence-electron chi connectivity index (χ3n) is 3.38. The number of quaternary nitrogens is 1. The highest BCUT2D eigenvalue weighted by molar-refractivity contribution is 5.15. The van der Waals surface area contributed by atoms with Crippen molar-refractivity contribution in [1.29, 1.82) is 0 Å². The highest BCUT2D eigenvalue weighted by Crippen LogP contribution is 2.20. The van der Waals surface area contributed by atoms with E-state index in [0.717, 1.165) is 10.9 Å². The maximum atomic E-state index is 3.95. The van der Waals surface area contributed by atoms with Crippen LogP contribution in [0.3, 0.4) is 0 Å². The molecule has 0 aliphatic heterocycles. The van der Waals surface area contributed by atoms with Gasteiger partial charge in [0, 0.05) is 12.3 Å². The lowest BCUT2D eigenvalue weighted by atomic mass is 9.94. The molecule has 0 heterocycles. The van der Waals surface area contributed by atoms with Gasteiger partial charge in [0.05, 0.1) is 26.3 Å². The number of rotatable bonds is 5. The van der Waals surface area contributed by atoms with Crippen LogP contribution in [0.2, 0.25) is 0 Å². The molecule has 1 atom stereocenters. The number of hydrogen-bond acceptors (Lipinski definition) is 0. The molecule has 1 rings (SSSR count). The topological polar surface area (TPSA) is 0 Å². The van der Waals surface area contributed by atoms with E-state index in [1.165, 1.54) is 5.56 Å². The normalized spacial score (nSPS) is 13.0. The van der Waals surface area contributed by atoms with Crippen molar-refractivity contribution in [1.82, 2.24) is 0 Å². The molecule has 1 aromatic rings. The van der Waals surface area contributed by atoms with Crippen molar-refractivity contribution in [3.05, 3.63) is 48.7 Å². The minimum atomic E-state index is 0. The zero-order valence-corrected chi connectivity index (χ0v) is 12.1. The smallest absolute Gasteiger partial charge is 0.0991 e. The molecule has 0 N–H and O–H groups in total. The second kappa shape index (κ2) is 6.83. The number of nitrogens with zero attached hydrogens (tertiary/aromatic N) is 1. The van der Waals surface area contributed by atoms with E-state index in [2.05, 4.69) is 64.9 Å². The Bertz CT molecular complexity index is 330. The van der Waals surface area contributed by atoms with Crippen LogP contribution in [0.5, 0.6) is 0 Å². The van der Waals surface area contributed by atoms with Gasteiger partial charge in [0.2, 0.25) is 0 Å².